The van der Waals surface area contributed by atoms with E-state index in [-0.39, 0.29) is 0 Å². The van der Waals surface area contributed by atoms with Crippen LogP contribution in [0.5, 0.6) is 0 Å². The Balaban J connectivity index is 2.36. The van der Waals surface area contributed by atoms with E-state index in [0.717, 1.165) is 10.4 Å². The van der Waals surface area contributed by atoms with E-state index in [9.17, 15) is 0 Å². The predicted octanol–water partition coefficient (Wildman–Crippen LogP) is 3.03. The van der Waals surface area contributed by atoms with Crippen molar-refractivity contribution >= 4 is 15.9 Å². The summed E-state index contributed by atoms with van der Waals surface area (Å²) in [5.41, 5.74) is 2.56. The number of pyridine rings is 1. The lowest BCUT2D eigenvalue weighted by atomic mass is 10.2. The zero-order valence-electron chi connectivity index (χ0n) is 6.47. The monoisotopic (exact) mass is 211 g/mol. The Morgan fingerprint density at radius 2 is 2.27 bits per heavy atom. The van der Waals surface area contributed by atoms with E-state index in [1.54, 1.807) is 0 Å². The van der Waals surface area contributed by atoms with Gasteiger partial charge in [-0.1, -0.05) is 0 Å². The summed E-state index contributed by atoms with van der Waals surface area (Å²) < 4.78 is 1.11. The molecular formula is C9H10BrN. The van der Waals surface area contributed by atoms with Gasteiger partial charge in [-0.25, -0.2) is 0 Å². The van der Waals surface area contributed by atoms with Crippen molar-refractivity contribution < 1.29 is 0 Å². The van der Waals surface area contributed by atoms with Gasteiger partial charge in [-0.05, 0) is 47.3 Å². The van der Waals surface area contributed by atoms with E-state index < -0.39 is 0 Å². The Kier molecular flexibility index (Phi) is 1.72. The minimum atomic E-state index is 0.766. The number of nitrogens with zero attached hydrogens (tertiary/aromatic N) is 1. The summed E-state index contributed by atoms with van der Waals surface area (Å²) in [6, 6.07) is 2.18. The van der Waals surface area contributed by atoms with Gasteiger partial charge in [0.05, 0.1) is 0 Å². The molecule has 0 N–H and O–H groups in total. The van der Waals surface area contributed by atoms with Crippen molar-refractivity contribution in [2.75, 3.05) is 0 Å². The van der Waals surface area contributed by atoms with Gasteiger partial charge in [0, 0.05) is 22.3 Å². The lowest BCUT2D eigenvalue weighted by Gasteiger charge is -2.00. The number of aryl methyl sites for hydroxylation is 1. The molecule has 1 aromatic heterocycles. The van der Waals surface area contributed by atoms with Gasteiger partial charge in [0.2, 0.25) is 0 Å². The zero-order valence-corrected chi connectivity index (χ0v) is 8.06. The fraction of sp³-hybridized carbons (Fsp3) is 0.444. The Hall–Kier alpha value is -0.370. The number of hydrogen-bond donors (Lipinski definition) is 0. The van der Waals surface area contributed by atoms with Crippen molar-refractivity contribution in [3.63, 3.8) is 0 Å². The lowest BCUT2D eigenvalue weighted by molar-refractivity contribution is 1.01. The van der Waals surface area contributed by atoms with Crippen LogP contribution in [0.1, 0.15) is 30.0 Å². The second-order valence-corrected chi connectivity index (χ2v) is 3.99. The van der Waals surface area contributed by atoms with E-state index in [0.29, 0.717) is 0 Å². The fourth-order valence-electron chi connectivity index (χ4n) is 1.16. The van der Waals surface area contributed by atoms with E-state index in [1.165, 1.54) is 24.1 Å². The van der Waals surface area contributed by atoms with Crippen molar-refractivity contribution in [2.24, 2.45) is 0 Å². The van der Waals surface area contributed by atoms with Gasteiger partial charge in [0.25, 0.3) is 0 Å². The van der Waals surface area contributed by atoms with Crippen LogP contribution < -0.4 is 0 Å². The third-order valence-electron chi connectivity index (χ3n) is 2.06. The van der Waals surface area contributed by atoms with Crippen molar-refractivity contribution in [2.45, 2.75) is 25.7 Å². The highest BCUT2D eigenvalue weighted by molar-refractivity contribution is 9.10. The molecule has 0 amide bonds. The number of aromatic nitrogens is 1. The average Bonchev–Trinajstić information content (AvgIpc) is 2.77. The first-order valence-electron chi connectivity index (χ1n) is 3.89. The molecule has 1 aromatic rings. The summed E-state index contributed by atoms with van der Waals surface area (Å²) in [7, 11) is 0. The maximum Gasteiger partial charge on any atom is 0.0438 e. The molecular weight excluding hydrogens is 202 g/mol. The average molecular weight is 212 g/mol. The molecule has 0 bridgehead atoms. The highest BCUT2D eigenvalue weighted by Crippen LogP contribution is 2.39. The van der Waals surface area contributed by atoms with E-state index in [2.05, 4.69) is 33.9 Å². The molecule has 1 saturated carbocycles. The van der Waals surface area contributed by atoms with Crippen LogP contribution in [0, 0.1) is 6.92 Å². The van der Waals surface area contributed by atoms with Crippen molar-refractivity contribution in [3.05, 3.63) is 28.0 Å². The molecule has 1 fully saturated rings. The molecule has 0 spiro atoms. The molecule has 1 aliphatic carbocycles. The van der Waals surface area contributed by atoms with Gasteiger partial charge >= 0.3 is 0 Å². The predicted molar refractivity (Wildman–Crippen MR) is 48.6 cm³/mol. The summed E-state index contributed by atoms with van der Waals surface area (Å²) in [5.74, 6) is 0.766. The van der Waals surface area contributed by atoms with Crippen LogP contribution in [-0.2, 0) is 0 Å². The van der Waals surface area contributed by atoms with Crippen molar-refractivity contribution in [1.29, 1.82) is 0 Å². The summed E-state index contributed by atoms with van der Waals surface area (Å²) in [4.78, 5) is 4.35. The van der Waals surface area contributed by atoms with Crippen LogP contribution in [0.15, 0.2) is 16.7 Å². The van der Waals surface area contributed by atoms with E-state index in [4.69, 9.17) is 0 Å². The molecule has 0 saturated heterocycles. The second kappa shape index (κ2) is 2.59. The highest BCUT2D eigenvalue weighted by Gasteiger charge is 2.24. The molecule has 1 aliphatic rings. The number of halogens is 1. The fourth-order valence-corrected chi connectivity index (χ4v) is 1.38. The molecule has 11 heavy (non-hydrogen) atoms. The summed E-state index contributed by atoms with van der Waals surface area (Å²) in [5, 5.41) is 0. The third kappa shape index (κ3) is 1.45. The van der Waals surface area contributed by atoms with Gasteiger partial charge < -0.3 is 0 Å². The quantitative estimate of drug-likeness (QED) is 0.697. The van der Waals surface area contributed by atoms with Gasteiger partial charge in [-0.15, -0.1) is 0 Å². The van der Waals surface area contributed by atoms with Crippen LogP contribution >= 0.6 is 15.9 Å². The second-order valence-electron chi connectivity index (χ2n) is 3.13. The zero-order chi connectivity index (χ0) is 7.84. The Bertz CT molecular complexity index is 279. The minimum absolute atomic E-state index is 0.766. The Labute approximate surface area is 75.0 Å². The lowest BCUT2D eigenvalue weighted by Crippen LogP contribution is -1.87. The Morgan fingerprint density at radius 1 is 1.55 bits per heavy atom. The maximum absolute atomic E-state index is 4.35. The summed E-state index contributed by atoms with van der Waals surface area (Å²) in [6.45, 7) is 2.11. The number of hydrogen-bond acceptors (Lipinski definition) is 1. The smallest absolute Gasteiger partial charge is 0.0438 e. The summed E-state index contributed by atoms with van der Waals surface area (Å²) >= 11 is 3.44. The SMILES string of the molecule is Cc1cc(C2CC2)ncc1Br. The van der Waals surface area contributed by atoms with Crippen LogP contribution in [0.25, 0.3) is 0 Å². The molecule has 0 aromatic carbocycles. The van der Waals surface area contributed by atoms with Gasteiger partial charge in [0.15, 0.2) is 0 Å². The normalized spacial score (nSPS) is 16.9. The maximum atomic E-state index is 4.35. The molecule has 58 valence electrons. The van der Waals surface area contributed by atoms with Gasteiger partial charge in [-0.2, -0.15) is 0 Å². The molecule has 2 rings (SSSR count). The topological polar surface area (TPSA) is 12.9 Å². The van der Waals surface area contributed by atoms with Crippen LogP contribution in [0.3, 0.4) is 0 Å². The van der Waals surface area contributed by atoms with Gasteiger partial charge in [-0.3, -0.25) is 4.98 Å². The molecule has 0 aliphatic heterocycles. The molecule has 0 unspecified atom stereocenters. The molecule has 1 nitrogen and oxygen atoms in total. The largest absolute Gasteiger partial charge is 0.260 e. The van der Waals surface area contributed by atoms with Crippen molar-refractivity contribution in [3.8, 4) is 0 Å². The first-order valence-corrected chi connectivity index (χ1v) is 4.68. The molecule has 0 radical (unpaired) electrons. The standard InChI is InChI=1S/C9H10BrN/c1-6-4-9(7-2-3-7)11-5-8(6)10/h4-5,7H,2-3H2,1H3. The van der Waals surface area contributed by atoms with Crippen LogP contribution in [0.4, 0.5) is 0 Å². The van der Waals surface area contributed by atoms with E-state index in [1.807, 2.05) is 6.20 Å². The molecule has 1 heterocycles. The number of rotatable bonds is 1. The van der Waals surface area contributed by atoms with Crippen molar-refractivity contribution in [1.82, 2.24) is 4.98 Å². The van der Waals surface area contributed by atoms with E-state index >= 15 is 0 Å². The first-order chi connectivity index (χ1) is 5.27. The van der Waals surface area contributed by atoms with Crippen LogP contribution in [-0.4, -0.2) is 4.98 Å². The minimum Gasteiger partial charge on any atom is -0.260 e. The summed E-state index contributed by atoms with van der Waals surface area (Å²) in [6.07, 6.45) is 4.56. The van der Waals surface area contributed by atoms with Gasteiger partial charge in [0.1, 0.15) is 0 Å². The first kappa shape index (κ1) is 7.29. The highest BCUT2D eigenvalue weighted by atomic mass is 79.9. The Morgan fingerprint density at radius 3 is 2.82 bits per heavy atom. The van der Waals surface area contributed by atoms with Crippen LogP contribution in [0.2, 0.25) is 0 Å². The molecule has 2 heteroatoms. The molecule has 0 atom stereocenters. The third-order valence-corrected chi connectivity index (χ3v) is 2.89.